The van der Waals surface area contributed by atoms with Crippen LogP contribution in [0.4, 0.5) is 8.78 Å². The van der Waals surface area contributed by atoms with Crippen molar-refractivity contribution >= 4 is 5.91 Å². The van der Waals surface area contributed by atoms with E-state index in [4.69, 9.17) is 9.84 Å². The van der Waals surface area contributed by atoms with Gasteiger partial charge in [-0.2, -0.15) is 5.10 Å². The molecule has 1 aromatic heterocycles. The van der Waals surface area contributed by atoms with Gasteiger partial charge in [-0.25, -0.2) is 13.5 Å². The number of hydrogen-bond donors (Lipinski definition) is 0. The third kappa shape index (κ3) is 4.36. The fraction of sp³-hybridized carbons (Fsp3) is 0.290. The summed E-state index contributed by atoms with van der Waals surface area (Å²) in [4.78, 5) is 14.8. The summed E-state index contributed by atoms with van der Waals surface area (Å²) in [6.07, 6.45) is 1.90. The Labute approximate surface area is 220 Å². The third-order valence-corrected chi connectivity index (χ3v) is 7.81. The molecule has 0 N–H and O–H groups in total. The van der Waals surface area contributed by atoms with Gasteiger partial charge in [-0.1, -0.05) is 48.5 Å². The van der Waals surface area contributed by atoms with Gasteiger partial charge >= 0.3 is 0 Å². The van der Waals surface area contributed by atoms with E-state index in [-0.39, 0.29) is 23.3 Å². The number of para-hydroxylation sites is 1. The van der Waals surface area contributed by atoms with Crippen LogP contribution in [0.3, 0.4) is 0 Å². The molecule has 0 unspecified atom stereocenters. The molecule has 38 heavy (non-hydrogen) atoms. The maximum Gasteiger partial charge on any atom is 0.257 e. The Morgan fingerprint density at radius 2 is 1.68 bits per heavy atom. The van der Waals surface area contributed by atoms with E-state index in [1.807, 2.05) is 49.4 Å². The average molecular weight is 514 g/mol. The van der Waals surface area contributed by atoms with Crippen LogP contribution in [0.2, 0.25) is 0 Å². The number of nitrogens with zero attached hydrogens (tertiary/aromatic N) is 3. The van der Waals surface area contributed by atoms with Crippen LogP contribution in [0, 0.1) is 30.9 Å². The first-order chi connectivity index (χ1) is 18.3. The first-order valence-corrected chi connectivity index (χ1v) is 12.9. The number of likely N-dealkylation sites (tertiary alicyclic amines) is 1. The van der Waals surface area contributed by atoms with Crippen LogP contribution in [0.5, 0.6) is 5.75 Å². The highest BCUT2D eigenvalue weighted by Crippen LogP contribution is 2.56. The van der Waals surface area contributed by atoms with Crippen molar-refractivity contribution in [1.29, 1.82) is 0 Å². The number of halogens is 2. The highest BCUT2D eigenvalue weighted by molar-refractivity contribution is 5.95. The maximum atomic E-state index is 14.6. The van der Waals surface area contributed by atoms with Gasteiger partial charge in [-0.3, -0.25) is 4.79 Å². The number of aromatic nitrogens is 2. The van der Waals surface area contributed by atoms with E-state index in [1.165, 1.54) is 17.3 Å². The molecule has 0 radical (unpaired) electrons. The predicted octanol–water partition coefficient (Wildman–Crippen LogP) is 6.37. The quantitative estimate of drug-likeness (QED) is 0.301. The zero-order valence-corrected chi connectivity index (χ0v) is 21.5. The number of hydrogen-bond acceptors (Lipinski definition) is 3. The van der Waals surface area contributed by atoms with Crippen LogP contribution in [-0.4, -0.2) is 33.7 Å². The highest BCUT2D eigenvalue weighted by atomic mass is 19.1. The molecule has 2 heterocycles. The Bertz CT molecular complexity index is 1500. The van der Waals surface area contributed by atoms with E-state index in [2.05, 4.69) is 29.8 Å². The number of ether oxygens (including phenoxy) is 1. The molecular weight excluding hydrogens is 484 g/mol. The molecule has 1 amide bonds. The zero-order valence-electron chi connectivity index (χ0n) is 21.5. The van der Waals surface area contributed by atoms with E-state index in [1.54, 1.807) is 4.90 Å². The molecule has 1 saturated carbocycles. The van der Waals surface area contributed by atoms with E-state index < -0.39 is 17.5 Å². The van der Waals surface area contributed by atoms with Gasteiger partial charge in [0.2, 0.25) is 0 Å². The Balaban J connectivity index is 1.12. The van der Waals surface area contributed by atoms with Crippen molar-refractivity contribution in [3.8, 4) is 11.4 Å². The van der Waals surface area contributed by atoms with Gasteiger partial charge in [-0.15, -0.1) is 0 Å². The van der Waals surface area contributed by atoms with Crippen LogP contribution in [0.1, 0.15) is 51.6 Å². The Morgan fingerprint density at radius 1 is 0.974 bits per heavy atom. The zero-order chi connectivity index (χ0) is 26.4. The molecule has 194 valence electrons. The molecule has 1 saturated heterocycles. The molecule has 1 aliphatic heterocycles. The minimum absolute atomic E-state index is 0.0399. The van der Waals surface area contributed by atoms with Crippen LogP contribution in [0.15, 0.2) is 72.8 Å². The first kappa shape index (κ1) is 24.3. The molecule has 2 fully saturated rings. The molecule has 7 heteroatoms. The van der Waals surface area contributed by atoms with Crippen LogP contribution in [0.25, 0.3) is 5.69 Å². The smallest absolute Gasteiger partial charge is 0.257 e. The highest BCUT2D eigenvalue weighted by Gasteiger charge is 2.55. The van der Waals surface area contributed by atoms with Crippen molar-refractivity contribution in [2.45, 2.75) is 39.2 Å². The van der Waals surface area contributed by atoms with Gasteiger partial charge in [0.25, 0.3) is 5.91 Å². The molecule has 6 rings (SSSR count). The largest absolute Gasteiger partial charge is 0.486 e. The number of amides is 1. The molecular formula is C31H29F2N3O2. The lowest BCUT2D eigenvalue weighted by atomic mass is 9.57. The SMILES string of the molecule is Cc1cc(C2CC3(C2)CN(C(=O)c2cc(OCc4ccccc4)c(F)cc2F)C3)n(-c2ccccc2C)n1. The summed E-state index contributed by atoms with van der Waals surface area (Å²) in [6, 6.07) is 21.6. The lowest BCUT2D eigenvalue weighted by Gasteiger charge is -2.59. The lowest BCUT2D eigenvalue weighted by Crippen LogP contribution is -2.63. The van der Waals surface area contributed by atoms with Crippen LogP contribution < -0.4 is 4.74 Å². The lowest BCUT2D eigenvalue weighted by molar-refractivity contribution is -0.0567. The summed E-state index contributed by atoms with van der Waals surface area (Å²) in [6.45, 7) is 5.35. The van der Waals surface area contributed by atoms with Gasteiger partial charge in [0, 0.05) is 36.2 Å². The topological polar surface area (TPSA) is 47.4 Å². The van der Waals surface area contributed by atoms with E-state index in [0.717, 1.165) is 35.9 Å². The van der Waals surface area contributed by atoms with E-state index in [0.29, 0.717) is 19.0 Å². The van der Waals surface area contributed by atoms with Crippen LogP contribution in [-0.2, 0) is 6.61 Å². The number of carbonyl (C=O) groups excluding carboxylic acids is 1. The fourth-order valence-corrected chi connectivity index (χ4v) is 5.87. The molecule has 2 aliphatic rings. The second kappa shape index (κ2) is 9.39. The summed E-state index contributed by atoms with van der Waals surface area (Å²) in [5.74, 6) is -1.89. The number of carbonyl (C=O) groups is 1. The van der Waals surface area contributed by atoms with Gasteiger partial charge < -0.3 is 9.64 Å². The van der Waals surface area contributed by atoms with Crippen molar-refractivity contribution < 1.29 is 18.3 Å². The van der Waals surface area contributed by atoms with Crippen molar-refractivity contribution in [3.63, 3.8) is 0 Å². The second-order valence-electron chi connectivity index (χ2n) is 10.7. The number of aryl methyl sites for hydroxylation is 2. The Kier molecular flexibility index (Phi) is 6.01. The molecule has 1 aliphatic carbocycles. The van der Waals surface area contributed by atoms with Gasteiger partial charge in [0.1, 0.15) is 12.4 Å². The normalized spacial score (nSPS) is 16.3. The predicted molar refractivity (Wildman–Crippen MR) is 140 cm³/mol. The average Bonchev–Trinajstić information content (AvgIpc) is 3.23. The monoisotopic (exact) mass is 513 g/mol. The summed E-state index contributed by atoms with van der Waals surface area (Å²) >= 11 is 0. The fourth-order valence-electron chi connectivity index (χ4n) is 5.87. The number of benzene rings is 3. The summed E-state index contributed by atoms with van der Waals surface area (Å²) in [5.41, 5.74) is 5.15. The molecule has 4 aromatic rings. The molecule has 3 aromatic carbocycles. The molecule has 0 bridgehead atoms. The van der Waals surface area contributed by atoms with Crippen molar-refractivity contribution in [2.24, 2.45) is 5.41 Å². The van der Waals surface area contributed by atoms with Crippen molar-refractivity contribution in [2.75, 3.05) is 13.1 Å². The van der Waals surface area contributed by atoms with Gasteiger partial charge in [0.15, 0.2) is 11.6 Å². The van der Waals surface area contributed by atoms with E-state index in [9.17, 15) is 13.6 Å². The molecule has 0 atom stereocenters. The van der Waals surface area contributed by atoms with Crippen LogP contribution >= 0.6 is 0 Å². The minimum Gasteiger partial charge on any atom is -0.486 e. The summed E-state index contributed by atoms with van der Waals surface area (Å²) in [7, 11) is 0. The second-order valence-corrected chi connectivity index (χ2v) is 10.7. The maximum absolute atomic E-state index is 14.6. The third-order valence-electron chi connectivity index (χ3n) is 7.81. The minimum atomic E-state index is -0.871. The van der Waals surface area contributed by atoms with Crippen molar-refractivity contribution in [3.05, 3.63) is 113 Å². The Hall–Kier alpha value is -4.00. The van der Waals surface area contributed by atoms with Gasteiger partial charge in [-0.05, 0) is 56.0 Å². The van der Waals surface area contributed by atoms with Gasteiger partial charge in [0.05, 0.1) is 16.9 Å². The molecule has 5 nitrogen and oxygen atoms in total. The summed E-state index contributed by atoms with van der Waals surface area (Å²) < 4.78 is 36.6. The molecule has 1 spiro atoms. The first-order valence-electron chi connectivity index (χ1n) is 12.9. The standard InChI is InChI=1S/C31H29F2N3O2/c1-20-8-6-7-11-27(20)36-28(12-21(2)34-36)23-15-31(16-23)18-35(19-31)30(37)24-13-29(26(33)14-25(24)32)38-17-22-9-4-3-5-10-22/h3-14,23H,15-19H2,1-2H3. The summed E-state index contributed by atoms with van der Waals surface area (Å²) in [5, 5.41) is 4.75. The Morgan fingerprint density at radius 3 is 2.42 bits per heavy atom. The van der Waals surface area contributed by atoms with E-state index >= 15 is 0 Å². The van der Waals surface area contributed by atoms with Crippen molar-refractivity contribution in [1.82, 2.24) is 14.7 Å². The number of rotatable bonds is 6.